The number of halogens is 1. The van der Waals surface area contributed by atoms with Gasteiger partial charge in [0.2, 0.25) is 5.78 Å². The molecule has 6 rings (SSSR count). The van der Waals surface area contributed by atoms with Crippen LogP contribution in [0.1, 0.15) is 36.7 Å². The Bertz CT molecular complexity index is 1580. The minimum Gasteiger partial charge on any atom is -0.276 e. The second-order valence-electron chi connectivity index (χ2n) is 8.49. The Morgan fingerprint density at radius 1 is 1.06 bits per heavy atom. The average molecular weight is 475 g/mol. The van der Waals surface area contributed by atoms with E-state index in [-0.39, 0.29) is 11.4 Å². The maximum atomic E-state index is 13.4. The Balaban J connectivity index is 1.40. The highest BCUT2D eigenvalue weighted by Gasteiger charge is 2.24. The molecule has 0 spiro atoms. The zero-order chi connectivity index (χ0) is 23.2. The number of hydrogen-bond donors (Lipinski definition) is 0. The molecule has 7 nitrogen and oxygen atoms in total. The Hall–Kier alpha value is -3.46. The Morgan fingerprint density at radius 3 is 2.71 bits per heavy atom. The number of rotatable bonds is 6. The summed E-state index contributed by atoms with van der Waals surface area (Å²) in [5.41, 5.74) is 5.14. The van der Waals surface area contributed by atoms with Gasteiger partial charge >= 0.3 is 0 Å². The zero-order valence-electron chi connectivity index (χ0n) is 18.7. The molecular formula is C25H23FN6OS. The molecule has 5 aromatic rings. The van der Waals surface area contributed by atoms with Crippen molar-refractivity contribution in [2.45, 2.75) is 50.1 Å². The van der Waals surface area contributed by atoms with Crippen LogP contribution in [0.2, 0.25) is 0 Å². The molecule has 0 saturated heterocycles. The SMILES string of the molecule is CCCn1c(=O)c2ccccc2n2c(SCc3nn(-c4ccc(F)cc4)c4c3CCC4)nnc12. The zero-order valence-corrected chi connectivity index (χ0v) is 19.6. The van der Waals surface area contributed by atoms with Gasteiger partial charge in [0.25, 0.3) is 5.56 Å². The summed E-state index contributed by atoms with van der Waals surface area (Å²) in [6, 6.07) is 14.1. The number of hydrogen-bond acceptors (Lipinski definition) is 5. The van der Waals surface area contributed by atoms with Crippen LogP contribution < -0.4 is 5.56 Å². The Kier molecular flexibility index (Phi) is 5.21. The first-order chi connectivity index (χ1) is 16.7. The highest BCUT2D eigenvalue weighted by atomic mass is 32.2. The molecule has 0 N–H and O–H groups in total. The maximum Gasteiger partial charge on any atom is 0.262 e. The lowest BCUT2D eigenvalue weighted by molar-refractivity contribution is 0.626. The third-order valence-electron chi connectivity index (χ3n) is 6.35. The standard InChI is InChI=1S/C25H23FN6OS/c1-2-14-30-23(33)19-6-3-4-8-21(19)31-24(30)27-28-25(31)34-15-20-18-7-5-9-22(18)32(29-20)17-12-10-16(26)11-13-17/h3-4,6,8,10-13H,2,5,7,9,14-15H2,1H3. The van der Waals surface area contributed by atoms with E-state index in [0.717, 1.165) is 47.7 Å². The van der Waals surface area contributed by atoms with Crippen LogP contribution in [0.15, 0.2) is 58.5 Å². The molecule has 172 valence electrons. The quantitative estimate of drug-likeness (QED) is 0.338. The topological polar surface area (TPSA) is 70.0 Å². The summed E-state index contributed by atoms with van der Waals surface area (Å²) >= 11 is 1.57. The minimum atomic E-state index is -0.254. The Morgan fingerprint density at radius 2 is 1.88 bits per heavy atom. The van der Waals surface area contributed by atoms with Crippen LogP contribution in [0.4, 0.5) is 4.39 Å². The number of thioether (sulfide) groups is 1. The number of para-hydroxylation sites is 1. The molecule has 0 bridgehead atoms. The normalized spacial score (nSPS) is 13.2. The van der Waals surface area contributed by atoms with E-state index in [4.69, 9.17) is 5.10 Å². The average Bonchev–Trinajstić information content (AvgIpc) is 3.57. The third kappa shape index (κ3) is 3.34. The van der Waals surface area contributed by atoms with Crippen LogP contribution in [-0.4, -0.2) is 28.9 Å². The predicted octanol–water partition coefficient (Wildman–Crippen LogP) is 4.56. The molecule has 0 saturated carbocycles. The van der Waals surface area contributed by atoms with Crippen molar-refractivity contribution < 1.29 is 4.39 Å². The molecule has 0 unspecified atom stereocenters. The molecule has 34 heavy (non-hydrogen) atoms. The van der Waals surface area contributed by atoms with Crippen LogP contribution in [0.25, 0.3) is 22.4 Å². The van der Waals surface area contributed by atoms with Gasteiger partial charge in [0.15, 0.2) is 5.16 Å². The van der Waals surface area contributed by atoms with Crippen LogP contribution in [0.5, 0.6) is 0 Å². The molecule has 1 aliphatic rings. The van der Waals surface area contributed by atoms with E-state index in [1.165, 1.54) is 23.4 Å². The first kappa shape index (κ1) is 21.1. The fourth-order valence-electron chi connectivity index (χ4n) is 4.81. The summed E-state index contributed by atoms with van der Waals surface area (Å²) < 4.78 is 19.1. The van der Waals surface area contributed by atoms with Crippen molar-refractivity contribution in [1.29, 1.82) is 0 Å². The number of nitrogens with zero attached hydrogens (tertiary/aromatic N) is 6. The monoisotopic (exact) mass is 474 g/mol. The fourth-order valence-corrected chi connectivity index (χ4v) is 5.72. The molecule has 0 aliphatic heterocycles. The van der Waals surface area contributed by atoms with Crippen LogP contribution in [0, 0.1) is 5.82 Å². The van der Waals surface area contributed by atoms with E-state index in [9.17, 15) is 9.18 Å². The minimum absolute atomic E-state index is 0.0373. The number of fused-ring (bicyclic) bond motifs is 4. The van der Waals surface area contributed by atoms with Gasteiger partial charge in [-0.25, -0.2) is 9.07 Å². The van der Waals surface area contributed by atoms with E-state index < -0.39 is 0 Å². The molecule has 2 aromatic carbocycles. The Labute approximate surface area is 199 Å². The van der Waals surface area contributed by atoms with Gasteiger partial charge in [0, 0.05) is 18.0 Å². The van der Waals surface area contributed by atoms with E-state index >= 15 is 0 Å². The van der Waals surface area contributed by atoms with Crippen molar-refractivity contribution in [3.63, 3.8) is 0 Å². The van der Waals surface area contributed by atoms with Crippen LogP contribution >= 0.6 is 11.8 Å². The molecular weight excluding hydrogens is 451 g/mol. The second kappa shape index (κ2) is 8.39. The van der Waals surface area contributed by atoms with Crippen molar-refractivity contribution >= 4 is 28.4 Å². The smallest absolute Gasteiger partial charge is 0.262 e. The van der Waals surface area contributed by atoms with Crippen LogP contribution in [0.3, 0.4) is 0 Å². The number of aryl methyl sites for hydroxylation is 1. The van der Waals surface area contributed by atoms with E-state index in [1.807, 2.05) is 40.3 Å². The first-order valence-corrected chi connectivity index (χ1v) is 12.5. The van der Waals surface area contributed by atoms with Crippen molar-refractivity contribution in [3.8, 4) is 5.69 Å². The van der Waals surface area contributed by atoms with E-state index in [0.29, 0.717) is 23.5 Å². The molecule has 0 radical (unpaired) electrons. The number of aromatic nitrogens is 6. The van der Waals surface area contributed by atoms with Gasteiger partial charge in [-0.1, -0.05) is 30.8 Å². The molecule has 0 atom stereocenters. The lowest BCUT2D eigenvalue weighted by atomic mass is 10.2. The number of benzene rings is 2. The summed E-state index contributed by atoms with van der Waals surface area (Å²) in [5.74, 6) is 0.948. The van der Waals surface area contributed by atoms with Crippen molar-refractivity contribution in [1.82, 2.24) is 28.9 Å². The van der Waals surface area contributed by atoms with E-state index in [2.05, 4.69) is 10.2 Å². The molecule has 9 heteroatoms. The fraction of sp³-hybridized carbons (Fsp3) is 0.280. The molecule has 1 aliphatic carbocycles. The highest BCUT2D eigenvalue weighted by molar-refractivity contribution is 7.98. The predicted molar refractivity (Wildman–Crippen MR) is 130 cm³/mol. The summed E-state index contributed by atoms with van der Waals surface area (Å²) in [6.07, 6.45) is 3.88. The second-order valence-corrected chi connectivity index (χ2v) is 9.44. The molecule has 0 amide bonds. The summed E-state index contributed by atoms with van der Waals surface area (Å²) in [4.78, 5) is 13.0. The van der Waals surface area contributed by atoms with Crippen molar-refractivity contribution in [2.75, 3.05) is 0 Å². The molecule has 0 fully saturated rings. The van der Waals surface area contributed by atoms with Crippen molar-refractivity contribution in [2.24, 2.45) is 0 Å². The highest BCUT2D eigenvalue weighted by Crippen LogP contribution is 2.32. The molecule has 3 aromatic heterocycles. The molecule has 3 heterocycles. The van der Waals surface area contributed by atoms with Gasteiger partial charge in [-0.2, -0.15) is 5.10 Å². The maximum absolute atomic E-state index is 13.4. The van der Waals surface area contributed by atoms with Crippen molar-refractivity contribution in [3.05, 3.63) is 81.7 Å². The first-order valence-electron chi connectivity index (χ1n) is 11.5. The third-order valence-corrected chi connectivity index (χ3v) is 7.29. The summed E-state index contributed by atoms with van der Waals surface area (Å²) in [5, 5.41) is 15.1. The van der Waals surface area contributed by atoms with E-state index in [1.54, 1.807) is 28.5 Å². The van der Waals surface area contributed by atoms with Gasteiger partial charge in [0.05, 0.1) is 22.3 Å². The lowest BCUT2D eigenvalue weighted by Gasteiger charge is -2.10. The van der Waals surface area contributed by atoms with Gasteiger partial charge in [-0.15, -0.1) is 10.2 Å². The van der Waals surface area contributed by atoms with Gasteiger partial charge in [0.1, 0.15) is 5.82 Å². The van der Waals surface area contributed by atoms with Gasteiger partial charge < -0.3 is 0 Å². The largest absolute Gasteiger partial charge is 0.276 e. The lowest BCUT2D eigenvalue weighted by Crippen LogP contribution is -2.23. The van der Waals surface area contributed by atoms with Gasteiger partial charge in [-0.3, -0.25) is 13.8 Å². The van der Waals surface area contributed by atoms with Gasteiger partial charge in [-0.05, 0) is 67.6 Å². The summed E-state index contributed by atoms with van der Waals surface area (Å²) in [7, 11) is 0. The van der Waals surface area contributed by atoms with Crippen LogP contribution in [-0.2, 0) is 25.1 Å². The summed E-state index contributed by atoms with van der Waals surface area (Å²) in [6.45, 7) is 2.63.